The number of rotatable bonds is 8. The summed E-state index contributed by atoms with van der Waals surface area (Å²) in [7, 11) is 0. The zero-order valence-corrected chi connectivity index (χ0v) is 16.3. The number of thioether (sulfide) groups is 1. The molecule has 0 saturated carbocycles. The van der Waals surface area contributed by atoms with E-state index in [0.717, 1.165) is 0 Å². The van der Waals surface area contributed by atoms with Crippen molar-refractivity contribution in [3.63, 3.8) is 0 Å². The standard InChI is InChI=1S/C21H18FN5OS/c1-2-12-27-20(16-8-4-5-9-17(16)22)25-26-21(27)29-13-11-19(28)24-18-10-6-3-7-15(18)14-23/h2-10H,1,11-13H2,(H,24,28). The van der Waals surface area contributed by atoms with Crippen LogP contribution in [0.4, 0.5) is 10.1 Å². The average molecular weight is 407 g/mol. The summed E-state index contributed by atoms with van der Waals surface area (Å²) in [4.78, 5) is 12.2. The maximum Gasteiger partial charge on any atom is 0.225 e. The van der Waals surface area contributed by atoms with Crippen LogP contribution in [-0.2, 0) is 11.3 Å². The lowest BCUT2D eigenvalue weighted by Gasteiger charge is -2.09. The molecule has 0 aliphatic carbocycles. The zero-order chi connectivity index (χ0) is 20.6. The van der Waals surface area contributed by atoms with Crippen molar-refractivity contribution >= 4 is 23.4 Å². The molecule has 3 aromatic rings. The number of aromatic nitrogens is 3. The van der Waals surface area contributed by atoms with E-state index < -0.39 is 0 Å². The Hall–Kier alpha value is -3.44. The van der Waals surface area contributed by atoms with Crippen molar-refractivity contribution in [2.45, 2.75) is 18.1 Å². The Balaban J connectivity index is 1.66. The fraction of sp³-hybridized carbons (Fsp3) is 0.143. The second kappa shape index (κ2) is 9.66. The van der Waals surface area contributed by atoms with Crippen LogP contribution in [0.5, 0.6) is 0 Å². The molecule has 0 bridgehead atoms. The molecule has 1 heterocycles. The van der Waals surface area contributed by atoms with E-state index in [-0.39, 0.29) is 18.1 Å². The minimum absolute atomic E-state index is 0.204. The third-order valence-corrected chi connectivity index (χ3v) is 4.99. The normalized spacial score (nSPS) is 10.3. The highest BCUT2D eigenvalue weighted by atomic mass is 32.2. The molecular weight excluding hydrogens is 389 g/mol. The monoisotopic (exact) mass is 407 g/mol. The number of carbonyl (C=O) groups excluding carboxylic acids is 1. The quantitative estimate of drug-likeness (QED) is 0.445. The van der Waals surface area contributed by atoms with Gasteiger partial charge in [0.25, 0.3) is 0 Å². The molecule has 6 nitrogen and oxygen atoms in total. The number of hydrogen-bond donors (Lipinski definition) is 1. The second-order valence-electron chi connectivity index (χ2n) is 5.99. The number of nitrogens with one attached hydrogen (secondary N) is 1. The van der Waals surface area contributed by atoms with Crippen molar-refractivity contribution in [3.8, 4) is 17.5 Å². The molecule has 3 rings (SSSR count). The zero-order valence-electron chi connectivity index (χ0n) is 15.5. The van der Waals surface area contributed by atoms with Gasteiger partial charge in [-0.05, 0) is 24.3 Å². The molecule has 0 fully saturated rings. The van der Waals surface area contributed by atoms with Crippen LogP contribution in [0.15, 0.2) is 66.3 Å². The lowest BCUT2D eigenvalue weighted by atomic mass is 10.2. The van der Waals surface area contributed by atoms with Gasteiger partial charge in [0.1, 0.15) is 11.9 Å². The Bertz CT molecular complexity index is 1070. The van der Waals surface area contributed by atoms with Crippen LogP contribution in [0.2, 0.25) is 0 Å². The Morgan fingerprint density at radius 1 is 1.24 bits per heavy atom. The number of anilines is 1. The van der Waals surface area contributed by atoms with Crippen LogP contribution in [0.1, 0.15) is 12.0 Å². The van der Waals surface area contributed by atoms with E-state index in [9.17, 15) is 9.18 Å². The van der Waals surface area contributed by atoms with Crippen LogP contribution in [0.3, 0.4) is 0 Å². The minimum atomic E-state index is -0.378. The number of amides is 1. The summed E-state index contributed by atoms with van der Waals surface area (Å²) in [6, 6.07) is 15.2. The van der Waals surface area contributed by atoms with Crippen molar-refractivity contribution < 1.29 is 9.18 Å². The summed E-state index contributed by atoms with van der Waals surface area (Å²) >= 11 is 1.35. The number of hydrogen-bond acceptors (Lipinski definition) is 5. The van der Waals surface area contributed by atoms with E-state index in [0.29, 0.717) is 40.1 Å². The number of para-hydroxylation sites is 1. The predicted molar refractivity (Wildman–Crippen MR) is 111 cm³/mol. The lowest BCUT2D eigenvalue weighted by molar-refractivity contribution is -0.115. The summed E-state index contributed by atoms with van der Waals surface area (Å²) < 4.78 is 15.9. The second-order valence-corrected chi connectivity index (χ2v) is 7.05. The first-order chi connectivity index (χ1) is 14.1. The molecule has 0 radical (unpaired) electrons. The molecule has 146 valence electrons. The first-order valence-electron chi connectivity index (χ1n) is 8.84. The first kappa shape index (κ1) is 20.3. The molecule has 8 heteroatoms. The third kappa shape index (κ3) is 4.89. The van der Waals surface area contributed by atoms with Gasteiger partial charge in [0, 0.05) is 18.7 Å². The Morgan fingerprint density at radius 3 is 2.76 bits per heavy atom. The van der Waals surface area contributed by atoms with Crippen LogP contribution in [-0.4, -0.2) is 26.4 Å². The fourth-order valence-electron chi connectivity index (χ4n) is 2.67. The molecule has 0 atom stereocenters. The van der Waals surface area contributed by atoms with Gasteiger partial charge in [-0.15, -0.1) is 16.8 Å². The molecule has 0 spiro atoms. The van der Waals surface area contributed by atoms with E-state index in [1.807, 2.05) is 6.07 Å². The number of halogens is 1. The van der Waals surface area contributed by atoms with Gasteiger partial charge in [0.05, 0.1) is 16.8 Å². The molecule has 29 heavy (non-hydrogen) atoms. The smallest absolute Gasteiger partial charge is 0.225 e. The van der Waals surface area contributed by atoms with Crippen molar-refractivity contribution in [2.75, 3.05) is 11.1 Å². The molecule has 1 amide bonds. The van der Waals surface area contributed by atoms with Crippen LogP contribution < -0.4 is 5.32 Å². The van der Waals surface area contributed by atoms with Crippen LogP contribution >= 0.6 is 11.8 Å². The predicted octanol–water partition coefficient (Wildman–Crippen LogP) is 4.26. The summed E-state index contributed by atoms with van der Waals surface area (Å²) in [6.45, 7) is 4.15. The SMILES string of the molecule is C=CCn1c(SCCC(=O)Nc2ccccc2C#N)nnc1-c1ccccc1F. The topological polar surface area (TPSA) is 83.6 Å². The Labute approximate surface area is 172 Å². The van der Waals surface area contributed by atoms with E-state index in [2.05, 4.69) is 22.1 Å². The lowest BCUT2D eigenvalue weighted by Crippen LogP contribution is -2.13. The molecule has 0 unspecified atom stereocenters. The molecule has 0 saturated heterocycles. The van der Waals surface area contributed by atoms with Gasteiger partial charge in [-0.2, -0.15) is 5.26 Å². The molecule has 0 aliphatic heterocycles. The van der Waals surface area contributed by atoms with E-state index in [4.69, 9.17) is 5.26 Å². The van der Waals surface area contributed by atoms with Crippen LogP contribution in [0.25, 0.3) is 11.4 Å². The maximum atomic E-state index is 14.1. The fourth-order valence-corrected chi connectivity index (χ4v) is 3.55. The van der Waals surface area contributed by atoms with Crippen LogP contribution in [0, 0.1) is 17.1 Å². The average Bonchev–Trinajstić information content (AvgIpc) is 3.11. The highest BCUT2D eigenvalue weighted by molar-refractivity contribution is 7.99. The molecule has 1 N–H and O–H groups in total. The van der Waals surface area contributed by atoms with E-state index in [1.54, 1.807) is 53.1 Å². The summed E-state index contributed by atoms with van der Waals surface area (Å²) in [5, 5.41) is 20.7. The van der Waals surface area contributed by atoms with Gasteiger partial charge in [0.15, 0.2) is 11.0 Å². The highest BCUT2D eigenvalue weighted by Gasteiger charge is 2.16. The van der Waals surface area contributed by atoms with Gasteiger partial charge < -0.3 is 5.32 Å². The Kier molecular flexibility index (Phi) is 6.76. The minimum Gasteiger partial charge on any atom is -0.325 e. The molecular formula is C21H18FN5OS. The van der Waals surface area contributed by atoms with Gasteiger partial charge in [-0.1, -0.05) is 42.1 Å². The molecule has 1 aromatic heterocycles. The number of carbonyl (C=O) groups is 1. The number of nitriles is 1. The molecule has 0 aliphatic rings. The van der Waals surface area contributed by atoms with Gasteiger partial charge in [0.2, 0.25) is 5.91 Å². The third-order valence-electron chi connectivity index (χ3n) is 4.03. The largest absolute Gasteiger partial charge is 0.325 e. The number of nitrogens with zero attached hydrogens (tertiary/aromatic N) is 4. The van der Waals surface area contributed by atoms with E-state index >= 15 is 0 Å². The summed E-state index contributed by atoms with van der Waals surface area (Å²) in [5.41, 5.74) is 1.26. The highest BCUT2D eigenvalue weighted by Crippen LogP contribution is 2.26. The maximum absolute atomic E-state index is 14.1. The first-order valence-corrected chi connectivity index (χ1v) is 9.83. The van der Waals surface area contributed by atoms with Gasteiger partial charge in [-0.3, -0.25) is 9.36 Å². The van der Waals surface area contributed by atoms with Crippen molar-refractivity contribution in [1.82, 2.24) is 14.8 Å². The van der Waals surface area contributed by atoms with Crippen molar-refractivity contribution in [1.29, 1.82) is 5.26 Å². The van der Waals surface area contributed by atoms with Crippen molar-refractivity contribution in [3.05, 3.63) is 72.6 Å². The summed E-state index contributed by atoms with van der Waals surface area (Å²) in [6.07, 6.45) is 1.91. The van der Waals surface area contributed by atoms with Crippen molar-refractivity contribution in [2.24, 2.45) is 0 Å². The van der Waals surface area contributed by atoms with Gasteiger partial charge in [-0.25, -0.2) is 4.39 Å². The Morgan fingerprint density at radius 2 is 2.00 bits per heavy atom. The van der Waals surface area contributed by atoms with Gasteiger partial charge >= 0.3 is 0 Å². The number of benzene rings is 2. The number of allylic oxidation sites excluding steroid dienone is 1. The molecule has 2 aromatic carbocycles. The van der Waals surface area contributed by atoms with E-state index in [1.165, 1.54) is 17.8 Å². The summed E-state index contributed by atoms with van der Waals surface area (Å²) in [5.74, 6) is 0.284.